The number of alkyl halides is 2. The molecule has 3 aromatic rings. The minimum absolute atomic E-state index is 0.00249. The standard InChI is InChI=1S/C27H23ClF3NO4/c28-21-10-9-19(26(30)31)24(25(21)29)18-8-11-22(32(36)14-18)20(12-15-2-1-3-15)23(33)13-16-4-6-17(7-5-16)27(34)35/h4-11,14-15,20,26H,1-3,12-13H2,(H,34,35)/t20-/m1/s1. The van der Waals surface area contributed by atoms with E-state index in [1.54, 1.807) is 12.1 Å². The lowest BCUT2D eigenvalue weighted by Gasteiger charge is -2.28. The van der Waals surface area contributed by atoms with Crippen LogP contribution in [0.25, 0.3) is 11.1 Å². The van der Waals surface area contributed by atoms with Gasteiger partial charge in [-0.3, -0.25) is 4.79 Å². The molecule has 1 N–H and O–H groups in total. The first-order valence-electron chi connectivity index (χ1n) is 11.5. The Balaban J connectivity index is 1.66. The van der Waals surface area contributed by atoms with E-state index in [4.69, 9.17) is 16.7 Å². The molecule has 0 saturated heterocycles. The van der Waals surface area contributed by atoms with E-state index in [0.717, 1.165) is 37.6 Å². The summed E-state index contributed by atoms with van der Waals surface area (Å²) in [5, 5.41) is 21.8. The smallest absolute Gasteiger partial charge is 0.335 e. The second-order valence-electron chi connectivity index (χ2n) is 9.03. The second kappa shape index (κ2) is 10.7. The summed E-state index contributed by atoms with van der Waals surface area (Å²) in [6.07, 6.45) is 1.41. The highest BCUT2D eigenvalue weighted by Crippen LogP contribution is 2.38. The van der Waals surface area contributed by atoms with Crippen molar-refractivity contribution < 1.29 is 32.6 Å². The Labute approximate surface area is 210 Å². The number of carboxylic acids is 1. The van der Waals surface area contributed by atoms with Gasteiger partial charge in [-0.05, 0) is 42.2 Å². The molecule has 1 heterocycles. The fourth-order valence-corrected chi connectivity index (χ4v) is 4.68. The van der Waals surface area contributed by atoms with Crippen molar-refractivity contribution >= 4 is 23.4 Å². The van der Waals surface area contributed by atoms with Gasteiger partial charge in [0.2, 0.25) is 5.69 Å². The number of Topliss-reactive ketones (excluding diaryl/α,β-unsaturated/α-hetero) is 1. The molecule has 36 heavy (non-hydrogen) atoms. The highest BCUT2D eigenvalue weighted by atomic mass is 35.5. The van der Waals surface area contributed by atoms with Crippen molar-refractivity contribution in [1.82, 2.24) is 0 Å². The van der Waals surface area contributed by atoms with Gasteiger partial charge in [-0.25, -0.2) is 18.0 Å². The number of hydrogen-bond donors (Lipinski definition) is 1. The number of carboxylic acid groups (broad SMARTS) is 1. The predicted molar refractivity (Wildman–Crippen MR) is 128 cm³/mol. The summed E-state index contributed by atoms with van der Waals surface area (Å²) in [5.41, 5.74) is -0.241. The lowest BCUT2D eigenvalue weighted by Crippen LogP contribution is -2.37. The second-order valence-corrected chi connectivity index (χ2v) is 9.43. The van der Waals surface area contributed by atoms with Crippen LogP contribution in [0.3, 0.4) is 0 Å². The van der Waals surface area contributed by atoms with Crippen LogP contribution in [-0.4, -0.2) is 16.9 Å². The van der Waals surface area contributed by atoms with Crippen LogP contribution in [0.4, 0.5) is 13.2 Å². The van der Waals surface area contributed by atoms with Gasteiger partial charge in [0, 0.05) is 23.6 Å². The van der Waals surface area contributed by atoms with Crippen LogP contribution in [0.5, 0.6) is 0 Å². The minimum atomic E-state index is -2.98. The maximum atomic E-state index is 14.7. The summed E-state index contributed by atoms with van der Waals surface area (Å²) in [6.45, 7) is 0. The molecule has 0 unspecified atom stereocenters. The first-order valence-corrected chi connectivity index (χ1v) is 11.9. The molecule has 2 aromatic carbocycles. The zero-order valence-corrected chi connectivity index (χ0v) is 19.9. The van der Waals surface area contributed by atoms with Gasteiger partial charge in [-0.1, -0.05) is 49.1 Å². The summed E-state index contributed by atoms with van der Waals surface area (Å²) in [5.74, 6) is -2.81. The van der Waals surface area contributed by atoms with Crippen LogP contribution in [0.2, 0.25) is 5.02 Å². The maximum Gasteiger partial charge on any atom is 0.335 e. The molecule has 4 rings (SSSR count). The molecule has 0 bridgehead atoms. The Kier molecular flexibility index (Phi) is 7.64. The fourth-order valence-electron chi connectivity index (χ4n) is 4.52. The average Bonchev–Trinajstić information content (AvgIpc) is 2.80. The number of aromatic carboxylic acids is 1. The quantitative estimate of drug-likeness (QED) is 0.259. The highest BCUT2D eigenvalue weighted by Gasteiger charge is 2.33. The largest absolute Gasteiger partial charge is 0.618 e. The monoisotopic (exact) mass is 517 g/mol. The molecule has 0 radical (unpaired) electrons. The van der Waals surface area contributed by atoms with Crippen LogP contribution < -0.4 is 4.73 Å². The van der Waals surface area contributed by atoms with E-state index >= 15 is 0 Å². The molecule has 0 amide bonds. The van der Waals surface area contributed by atoms with Crippen molar-refractivity contribution in [2.45, 2.75) is 44.4 Å². The number of pyridine rings is 1. The van der Waals surface area contributed by atoms with Gasteiger partial charge in [-0.2, -0.15) is 4.73 Å². The molecule has 1 aliphatic rings. The zero-order chi connectivity index (χ0) is 26.0. The van der Waals surface area contributed by atoms with Crippen molar-refractivity contribution in [3.8, 4) is 11.1 Å². The maximum absolute atomic E-state index is 14.7. The van der Waals surface area contributed by atoms with Crippen LogP contribution in [0.1, 0.15) is 65.2 Å². The van der Waals surface area contributed by atoms with Crippen LogP contribution >= 0.6 is 11.6 Å². The number of rotatable bonds is 9. The number of aromatic nitrogens is 1. The molecular formula is C27H23ClF3NO4. The van der Waals surface area contributed by atoms with Gasteiger partial charge in [0.15, 0.2) is 12.0 Å². The molecule has 0 spiro atoms. The van der Waals surface area contributed by atoms with E-state index in [1.807, 2.05) is 0 Å². The van der Waals surface area contributed by atoms with Gasteiger partial charge in [0.05, 0.1) is 16.1 Å². The lowest BCUT2D eigenvalue weighted by molar-refractivity contribution is -0.614. The highest BCUT2D eigenvalue weighted by molar-refractivity contribution is 6.31. The van der Waals surface area contributed by atoms with Crippen LogP contribution in [-0.2, 0) is 11.2 Å². The van der Waals surface area contributed by atoms with E-state index in [0.29, 0.717) is 16.7 Å². The van der Waals surface area contributed by atoms with Crippen LogP contribution in [0, 0.1) is 16.9 Å². The number of halogens is 4. The first kappa shape index (κ1) is 25.7. The van der Waals surface area contributed by atoms with Crippen molar-refractivity contribution in [2.24, 2.45) is 5.92 Å². The molecular weight excluding hydrogens is 495 g/mol. The van der Waals surface area contributed by atoms with Crippen molar-refractivity contribution in [2.75, 3.05) is 0 Å². The number of hydrogen-bond acceptors (Lipinski definition) is 3. The van der Waals surface area contributed by atoms with Gasteiger partial charge < -0.3 is 10.3 Å². The minimum Gasteiger partial charge on any atom is -0.618 e. The Morgan fingerprint density at radius 1 is 1.08 bits per heavy atom. The van der Waals surface area contributed by atoms with Gasteiger partial charge in [0.1, 0.15) is 11.7 Å². The summed E-state index contributed by atoms with van der Waals surface area (Å²) in [4.78, 5) is 24.4. The molecule has 1 saturated carbocycles. The van der Waals surface area contributed by atoms with Gasteiger partial charge in [-0.15, -0.1) is 0 Å². The van der Waals surface area contributed by atoms with Crippen molar-refractivity contribution in [3.63, 3.8) is 0 Å². The number of carbonyl (C=O) groups is 2. The lowest BCUT2D eigenvalue weighted by atomic mass is 9.76. The van der Waals surface area contributed by atoms with E-state index < -0.39 is 35.3 Å². The summed E-state index contributed by atoms with van der Waals surface area (Å²) in [6, 6.07) is 10.7. The number of nitrogens with zero attached hydrogens (tertiary/aromatic N) is 1. The summed E-state index contributed by atoms with van der Waals surface area (Å²) >= 11 is 5.81. The molecule has 1 aromatic heterocycles. The van der Waals surface area contributed by atoms with Crippen molar-refractivity contribution in [1.29, 1.82) is 0 Å². The van der Waals surface area contributed by atoms with E-state index in [1.165, 1.54) is 24.3 Å². The third kappa shape index (κ3) is 5.38. The Hall–Kier alpha value is -3.39. The number of benzene rings is 2. The fraction of sp³-hybridized carbons (Fsp3) is 0.296. The molecule has 1 fully saturated rings. The SMILES string of the molecule is O=C(O)c1ccc(CC(=O)[C@H](CC2CCC2)c2ccc(-c3c(C(F)F)ccc(Cl)c3F)c[n+]2[O-])cc1. The molecule has 1 atom stereocenters. The van der Waals surface area contributed by atoms with Crippen molar-refractivity contribution in [3.05, 3.63) is 93.2 Å². The van der Waals surface area contributed by atoms with E-state index in [2.05, 4.69) is 0 Å². The summed E-state index contributed by atoms with van der Waals surface area (Å²) in [7, 11) is 0. The van der Waals surface area contributed by atoms with Gasteiger partial charge in [0.25, 0.3) is 6.43 Å². The third-order valence-corrected chi connectivity index (χ3v) is 7.01. The zero-order valence-electron chi connectivity index (χ0n) is 19.1. The van der Waals surface area contributed by atoms with Crippen LogP contribution in [0.15, 0.2) is 54.7 Å². The molecule has 9 heteroatoms. The Morgan fingerprint density at radius 2 is 1.78 bits per heavy atom. The van der Waals surface area contributed by atoms with E-state index in [-0.39, 0.29) is 40.0 Å². The Morgan fingerprint density at radius 3 is 2.33 bits per heavy atom. The van der Waals surface area contributed by atoms with Gasteiger partial charge >= 0.3 is 5.97 Å². The molecule has 5 nitrogen and oxygen atoms in total. The van der Waals surface area contributed by atoms with E-state index in [9.17, 15) is 28.0 Å². The predicted octanol–water partition coefficient (Wildman–Crippen LogP) is 6.50. The third-order valence-electron chi connectivity index (χ3n) is 6.71. The molecule has 0 aliphatic heterocycles. The summed E-state index contributed by atoms with van der Waals surface area (Å²) < 4.78 is 42.2. The molecule has 188 valence electrons. The Bertz CT molecular complexity index is 1290. The topological polar surface area (TPSA) is 81.3 Å². The average molecular weight is 518 g/mol. The molecule has 1 aliphatic carbocycles. The first-order chi connectivity index (χ1) is 17.2. The number of carbonyl (C=O) groups excluding carboxylic acids is 1. The number of ketones is 1. The normalized spacial score (nSPS) is 14.5.